The van der Waals surface area contributed by atoms with E-state index in [4.69, 9.17) is 9.72 Å². The van der Waals surface area contributed by atoms with E-state index >= 15 is 0 Å². The van der Waals surface area contributed by atoms with E-state index in [1.807, 2.05) is 53.2 Å². The number of benzene rings is 2. The molecule has 0 unspecified atom stereocenters. The van der Waals surface area contributed by atoms with Crippen LogP contribution in [0.2, 0.25) is 0 Å². The maximum Gasteiger partial charge on any atom is 0.179 e. The van der Waals surface area contributed by atoms with Gasteiger partial charge in [-0.05, 0) is 48.9 Å². The summed E-state index contributed by atoms with van der Waals surface area (Å²) in [6.07, 6.45) is 3.22. The number of carbonyl (C=O) groups excluding carboxylic acids is 1. The van der Waals surface area contributed by atoms with E-state index in [2.05, 4.69) is 38.4 Å². The Balaban J connectivity index is 1.15. The Bertz CT molecular complexity index is 1540. The summed E-state index contributed by atoms with van der Waals surface area (Å²) in [5, 5.41) is 9.72. The third-order valence-electron chi connectivity index (χ3n) is 6.84. The average Bonchev–Trinajstić information content (AvgIpc) is 3.35. The lowest BCUT2D eigenvalue weighted by atomic mass is 10.0. The molecule has 1 aliphatic heterocycles. The number of morpholine rings is 1. The van der Waals surface area contributed by atoms with Crippen LogP contribution in [-0.2, 0) is 11.3 Å². The minimum absolute atomic E-state index is 0.177. The van der Waals surface area contributed by atoms with Gasteiger partial charge in [-0.1, -0.05) is 41.6 Å². The SMILES string of the molecule is O=C(CCCN1CCOCC1)c1ccc(-c2ccc3nnn(Cc4ccc5ncccc5c4)c3n2)cc1. The Morgan fingerprint density at radius 3 is 2.65 bits per heavy atom. The molecule has 186 valence electrons. The summed E-state index contributed by atoms with van der Waals surface area (Å²) in [5.41, 5.74) is 6.07. The summed E-state index contributed by atoms with van der Waals surface area (Å²) >= 11 is 0. The molecule has 37 heavy (non-hydrogen) atoms. The Labute approximate surface area is 214 Å². The number of carbonyl (C=O) groups is 1. The number of Topliss-reactive ketones (excluding diaryl/α,β-unsaturated/α-hetero) is 1. The zero-order valence-electron chi connectivity index (χ0n) is 20.6. The fraction of sp³-hybridized carbons (Fsp3) is 0.276. The number of ketones is 1. The predicted molar refractivity (Wildman–Crippen MR) is 142 cm³/mol. The first-order valence-electron chi connectivity index (χ1n) is 12.7. The number of fused-ring (bicyclic) bond motifs is 2. The largest absolute Gasteiger partial charge is 0.379 e. The highest BCUT2D eigenvalue weighted by Gasteiger charge is 2.13. The van der Waals surface area contributed by atoms with Crippen LogP contribution in [0.5, 0.6) is 0 Å². The first kappa shape index (κ1) is 23.4. The van der Waals surface area contributed by atoms with Crippen molar-refractivity contribution < 1.29 is 9.53 Å². The highest BCUT2D eigenvalue weighted by atomic mass is 16.5. The van der Waals surface area contributed by atoms with Crippen LogP contribution >= 0.6 is 0 Å². The molecule has 0 N–H and O–H groups in total. The standard InChI is InChI=1S/C29H28N6O2/c36-28(4-2-14-34-15-17-37-18-16-34)23-8-6-22(7-9-23)26-11-12-27-29(31-26)35(33-32-27)20-21-5-10-25-24(19-21)3-1-13-30-25/h1,3,5-13,19H,2,4,14-18,20H2. The van der Waals surface area contributed by atoms with E-state index in [0.29, 0.717) is 13.0 Å². The van der Waals surface area contributed by atoms with Crippen LogP contribution in [0.4, 0.5) is 0 Å². The van der Waals surface area contributed by atoms with Gasteiger partial charge >= 0.3 is 0 Å². The lowest BCUT2D eigenvalue weighted by Gasteiger charge is -2.26. The van der Waals surface area contributed by atoms with Crippen molar-refractivity contribution in [2.75, 3.05) is 32.8 Å². The number of pyridine rings is 2. The van der Waals surface area contributed by atoms with Gasteiger partial charge < -0.3 is 4.74 Å². The molecule has 0 saturated carbocycles. The van der Waals surface area contributed by atoms with E-state index in [0.717, 1.165) is 83.7 Å². The summed E-state index contributed by atoms with van der Waals surface area (Å²) in [5.74, 6) is 0.177. The third kappa shape index (κ3) is 5.26. The summed E-state index contributed by atoms with van der Waals surface area (Å²) < 4.78 is 7.21. The van der Waals surface area contributed by atoms with E-state index in [1.54, 1.807) is 6.20 Å². The molecule has 0 atom stereocenters. The Kier molecular flexibility index (Phi) is 6.66. The lowest BCUT2D eigenvalue weighted by molar-refractivity contribution is 0.0371. The van der Waals surface area contributed by atoms with E-state index in [-0.39, 0.29) is 5.78 Å². The molecule has 5 aromatic rings. The minimum Gasteiger partial charge on any atom is -0.379 e. The van der Waals surface area contributed by atoms with Crippen LogP contribution in [0.3, 0.4) is 0 Å². The summed E-state index contributed by atoms with van der Waals surface area (Å²) in [6.45, 7) is 4.98. The molecule has 0 amide bonds. The van der Waals surface area contributed by atoms with Gasteiger partial charge in [0.15, 0.2) is 11.4 Å². The van der Waals surface area contributed by atoms with Gasteiger partial charge in [0.1, 0.15) is 5.52 Å². The minimum atomic E-state index is 0.177. The molecule has 1 saturated heterocycles. The maximum atomic E-state index is 12.7. The van der Waals surface area contributed by atoms with Crippen molar-refractivity contribution in [3.05, 3.63) is 84.1 Å². The van der Waals surface area contributed by atoms with Gasteiger partial charge in [0.05, 0.1) is 31.0 Å². The number of rotatable bonds is 8. The third-order valence-corrected chi connectivity index (χ3v) is 6.84. The second kappa shape index (κ2) is 10.5. The van der Waals surface area contributed by atoms with Crippen molar-refractivity contribution in [2.45, 2.75) is 19.4 Å². The maximum absolute atomic E-state index is 12.7. The highest BCUT2D eigenvalue weighted by Crippen LogP contribution is 2.22. The normalized spacial score (nSPS) is 14.4. The second-order valence-corrected chi connectivity index (χ2v) is 9.37. The highest BCUT2D eigenvalue weighted by molar-refractivity contribution is 5.96. The van der Waals surface area contributed by atoms with Crippen LogP contribution in [0.15, 0.2) is 72.9 Å². The first-order valence-corrected chi connectivity index (χ1v) is 12.7. The van der Waals surface area contributed by atoms with Gasteiger partial charge in [-0.25, -0.2) is 9.67 Å². The molecule has 0 spiro atoms. The Morgan fingerprint density at radius 1 is 0.946 bits per heavy atom. The molecular formula is C29H28N6O2. The number of ether oxygens (including phenoxy) is 1. The molecule has 0 bridgehead atoms. The van der Waals surface area contributed by atoms with Crippen molar-refractivity contribution in [3.63, 3.8) is 0 Å². The van der Waals surface area contributed by atoms with Gasteiger partial charge in [0.2, 0.25) is 0 Å². The molecular weight excluding hydrogens is 464 g/mol. The van der Waals surface area contributed by atoms with Crippen LogP contribution in [0.1, 0.15) is 28.8 Å². The van der Waals surface area contributed by atoms with Crippen molar-refractivity contribution in [3.8, 4) is 11.3 Å². The lowest BCUT2D eigenvalue weighted by Crippen LogP contribution is -2.36. The summed E-state index contributed by atoms with van der Waals surface area (Å²) in [6, 6.07) is 21.8. The Morgan fingerprint density at radius 2 is 1.78 bits per heavy atom. The summed E-state index contributed by atoms with van der Waals surface area (Å²) in [7, 11) is 0. The second-order valence-electron chi connectivity index (χ2n) is 9.37. The van der Waals surface area contributed by atoms with Crippen LogP contribution in [0.25, 0.3) is 33.3 Å². The summed E-state index contributed by atoms with van der Waals surface area (Å²) in [4.78, 5) is 24.3. The van der Waals surface area contributed by atoms with Gasteiger partial charge in [-0.2, -0.15) is 0 Å². The van der Waals surface area contributed by atoms with E-state index in [1.165, 1.54) is 0 Å². The van der Waals surface area contributed by atoms with Crippen LogP contribution < -0.4 is 0 Å². The monoisotopic (exact) mass is 492 g/mol. The molecule has 1 aliphatic rings. The molecule has 0 radical (unpaired) electrons. The van der Waals surface area contributed by atoms with Gasteiger partial charge in [0, 0.05) is 42.2 Å². The topological polar surface area (TPSA) is 86.0 Å². The van der Waals surface area contributed by atoms with Crippen LogP contribution in [0, 0.1) is 0 Å². The van der Waals surface area contributed by atoms with Crippen molar-refractivity contribution in [2.24, 2.45) is 0 Å². The van der Waals surface area contributed by atoms with Gasteiger partial charge in [-0.15, -0.1) is 5.10 Å². The molecule has 2 aromatic carbocycles. The zero-order chi connectivity index (χ0) is 25.0. The Hall–Kier alpha value is -4.01. The average molecular weight is 493 g/mol. The van der Waals surface area contributed by atoms with E-state index < -0.39 is 0 Å². The molecule has 8 nitrogen and oxygen atoms in total. The van der Waals surface area contributed by atoms with E-state index in [9.17, 15) is 4.79 Å². The smallest absolute Gasteiger partial charge is 0.179 e. The molecule has 8 heteroatoms. The fourth-order valence-electron chi connectivity index (χ4n) is 4.78. The fourth-order valence-corrected chi connectivity index (χ4v) is 4.78. The van der Waals surface area contributed by atoms with Crippen molar-refractivity contribution in [1.29, 1.82) is 0 Å². The molecule has 6 rings (SSSR count). The number of hydrogen-bond acceptors (Lipinski definition) is 7. The van der Waals surface area contributed by atoms with Crippen molar-refractivity contribution >= 4 is 27.9 Å². The zero-order valence-corrected chi connectivity index (χ0v) is 20.6. The molecule has 3 aromatic heterocycles. The van der Waals surface area contributed by atoms with Gasteiger partial charge in [-0.3, -0.25) is 14.7 Å². The van der Waals surface area contributed by atoms with Gasteiger partial charge in [0.25, 0.3) is 0 Å². The molecule has 0 aliphatic carbocycles. The van der Waals surface area contributed by atoms with Crippen LogP contribution in [-0.4, -0.2) is 68.5 Å². The number of aromatic nitrogens is 5. The van der Waals surface area contributed by atoms with Crippen molar-refractivity contribution in [1.82, 2.24) is 29.9 Å². The number of hydrogen-bond donors (Lipinski definition) is 0. The number of nitrogens with zero attached hydrogens (tertiary/aromatic N) is 6. The first-order chi connectivity index (χ1) is 18.2. The predicted octanol–water partition coefficient (Wildman–Crippen LogP) is 4.38. The quantitative estimate of drug-likeness (QED) is 0.297. The molecule has 4 heterocycles. The molecule has 1 fully saturated rings.